The Balaban J connectivity index is 0.000000256. The highest BCUT2D eigenvalue weighted by Gasteiger charge is 2.52. The fourth-order valence-corrected chi connectivity index (χ4v) is 7.74. The van der Waals surface area contributed by atoms with Crippen molar-refractivity contribution in [3.05, 3.63) is 85.9 Å². The number of methoxy groups -OCH3 is 2. The SMILES string of the molecule is COC(=O)c1ccc(C)c(-c2c(C#N)cnn2COCC[Si](C)(C)C)c1.COC(=O)c1ccc(C)c(B2OC(C)(C)C(C)(C)O2)c1.C[Si](C)(C)CCOCn1cc(C#N)c(I)n1. The van der Waals surface area contributed by atoms with Crippen LogP contribution in [0.2, 0.25) is 51.4 Å². The summed E-state index contributed by atoms with van der Waals surface area (Å²) in [7, 11) is 0.0674. The summed E-state index contributed by atoms with van der Waals surface area (Å²) in [5.74, 6) is -0.773. The van der Waals surface area contributed by atoms with Crippen LogP contribution in [0.4, 0.5) is 0 Å². The Labute approximate surface area is 383 Å². The van der Waals surface area contributed by atoms with Gasteiger partial charge in [-0.25, -0.2) is 19.0 Å². The van der Waals surface area contributed by atoms with Gasteiger partial charge in [0.2, 0.25) is 0 Å². The molecule has 2 aromatic heterocycles. The normalized spacial score (nSPS) is 14.1. The zero-order chi connectivity index (χ0) is 46.6. The number of ether oxygens (including phenoxy) is 4. The first-order valence-corrected chi connectivity index (χ1v) is 28.8. The van der Waals surface area contributed by atoms with Crippen molar-refractivity contribution in [1.29, 1.82) is 10.5 Å². The standard InChI is InChI=1S/C19H25N3O3Si.C15H21BO4.C10H16IN3OSi/c1-14-6-7-15(19(23)24-2)10-17(14)18-16(11-20)12-21-22(18)13-25-8-9-26(3,4)5;1-10-7-8-11(13(17)18-6)9-12(10)16-19-14(2,3)15(4,5)20-16;1-16(2,3)5-4-15-8-14-7-9(6-12)10(11)13-14/h6-7,10,12H,8-9,13H2,1-5H3;7-9H,1-6H3;7H,4-5,8H2,1-3H3. The quantitative estimate of drug-likeness (QED) is 0.0511. The van der Waals surface area contributed by atoms with Crippen molar-refractivity contribution in [1.82, 2.24) is 19.6 Å². The van der Waals surface area contributed by atoms with Gasteiger partial charge in [-0.05, 0) is 112 Å². The number of carbonyl (C=O) groups excluding carboxylic acids is 2. The van der Waals surface area contributed by atoms with Gasteiger partial charge < -0.3 is 28.3 Å². The average molecular weight is 997 g/mol. The number of esters is 2. The zero-order valence-electron chi connectivity index (χ0n) is 38.8. The number of rotatable bonds is 14. The number of benzene rings is 2. The Kier molecular flexibility index (Phi) is 18.9. The van der Waals surface area contributed by atoms with E-state index in [0.29, 0.717) is 41.3 Å². The molecule has 2 aromatic carbocycles. The maximum Gasteiger partial charge on any atom is 0.495 e. The molecule has 3 heterocycles. The summed E-state index contributed by atoms with van der Waals surface area (Å²) in [6.45, 7) is 27.9. The minimum atomic E-state index is -1.17. The fraction of sp³-hybridized carbons (Fsp3) is 0.500. The molecule has 4 aromatic rings. The van der Waals surface area contributed by atoms with Crippen molar-refractivity contribution < 1.29 is 37.8 Å². The number of nitrogens with zero attached hydrogens (tertiary/aromatic N) is 6. The van der Waals surface area contributed by atoms with Crippen LogP contribution in [0.3, 0.4) is 0 Å². The largest absolute Gasteiger partial charge is 0.495 e. The van der Waals surface area contributed by atoms with Crippen LogP contribution in [-0.2, 0) is 41.7 Å². The van der Waals surface area contributed by atoms with Crippen LogP contribution in [0, 0.1) is 40.2 Å². The summed E-state index contributed by atoms with van der Waals surface area (Å²) in [5.41, 5.74) is 5.46. The summed E-state index contributed by atoms with van der Waals surface area (Å²) in [4.78, 5) is 23.5. The Bertz CT molecular complexity index is 2240. The van der Waals surface area contributed by atoms with Gasteiger partial charge in [0.25, 0.3) is 0 Å². The zero-order valence-corrected chi connectivity index (χ0v) is 42.9. The highest BCUT2D eigenvalue weighted by Crippen LogP contribution is 2.37. The van der Waals surface area contributed by atoms with Crippen LogP contribution < -0.4 is 5.46 Å². The Hall–Kier alpha value is -4.15. The number of aromatic nitrogens is 4. The van der Waals surface area contributed by atoms with Crippen molar-refractivity contribution in [2.45, 2.75) is 118 Å². The molecule has 334 valence electrons. The monoisotopic (exact) mass is 996 g/mol. The van der Waals surface area contributed by atoms with Gasteiger partial charge in [0.1, 0.15) is 34.9 Å². The number of hydrogen-bond donors (Lipinski definition) is 0. The minimum absolute atomic E-state index is 0.267. The second-order valence-electron chi connectivity index (χ2n) is 18.4. The van der Waals surface area contributed by atoms with Crippen LogP contribution in [0.25, 0.3) is 11.3 Å². The van der Waals surface area contributed by atoms with Gasteiger partial charge in [0.15, 0.2) is 0 Å². The number of halogens is 1. The van der Waals surface area contributed by atoms with E-state index in [-0.39, 0.29) is 12.7 Å². The smallest absolute Gasteiger partial charge is 0.465 e. The summed E-state index contributed by atoms with van der Waals surface area (Å²) < 4.78 is 37.0. The topological polar surface area (TPSA) is 173 Å². The summed E-state index contributed by atoms with van der Waals surface area (Å²) in [6.07, 6.45) is 3.25. The molecular weight excluding hydrogens is 934 g/mol. The number of carbonyl (C=O) groups is 2. The van der Waals surface area contributed by atoms with E-state index in [4.69, 9.17) is 33.5 Å². The molecule has 14 nitrogen and oxygen atoms in total. The van der Waals surface area contributed by atoms with E-state index < -0.39 is 40.4 Å². The number of hydrogen-bond acceptors (Lipinski definition) is 12. The van der Waals surface area contributed by atoms with Gasteiger partial charge in [0, 0.05) is 41.1 Å². The lowest BCUT2D eigenvalue weighted by Gasteiger charge is -2.32. The molecule has 0 N–H and O–H groups in total. The maximum atomic E-state index is 11.9. The lowest BCUT2D eigenvalue weighted by molar-refractivity contribution is 0.00578. The molecule has 62 heavy (non-hydrogen) atoms. The summed E-state index contributed by atoms with van der Waals surface area (Å²) >= 11 is 2.05. The third-order valence-electron chi connectivity index (χ3n) is 10.3. The van der Waals surface area contributed by atoms with Crippen molar-refractivity contribution in [2.24, 2.45) is 0 Å². The highest BCUT2D eigenvalue weighted by molar-refractivity contribution is 14.1. The van der Waals surface area contributed by atoms with E-state index in [0.717, 1.165) is 44.5 Å². The van der Waals surface area contributed by atoms with E-state index in [2.05, 4.69) is 84.2 Å². The molecule has 0 spiro atoms. The van der Waals surface area contributed by atoms with Crippen molar-refractivity contribution in [3.63, 3.8) is 0 Å². The second kappa shape index (κ2) is 22.5. The van der Waals surface area contributed by atoms with E-state index >= 15 is 0 Å². The molecule has 5 rings (SSSR count). The highest BCUT2D eigenvalue weighted by atomic mass is 127. The number of nitriles is 2. The first kappa shape index (κ1) is 52.2. The third-order valence-corrected chi connectivity index (χ3v) is 14.6. The van der Waals surface area contributed by atoms with Crippen LogP contribution in [-0.4, -0.2) is 93.4 Å². The van der Waals surface area contributed by atoms with Gasteiger partial charge in [-0.3, -0.25) is 0 Å². The van der Waals surface area contributed by atoms with Gasteiger partial charge in [0.05, 0.1) is 54.0 Å². The Morgan fingerprint density at radius 1 is 0.790 bits per heavy atom. The molecule has 0 saturated carbocycles. The molecule has 1 aliphatic rings. The van der Waals surface area contributed by atoms with E-state index in [1.54, 1.807) is 39.8 Å². The Morgan fingerprint density at radius 3 is 1.77 bits per heavy atom. The van der Waals surface area contributed by atoms with Gasteiger partial charge in [-0.15, -0.1) is 0 Å². The van der Waals surface area contributed by atoms with Crippen LogP contribution in [0.1, 0.15) is 70.7 Å². The molecule has 1 saturated heterocycles. The average Bonchev–Trinajstić information content (AvgIpc) is 3.85. The summed E-state index contributed by atoms with van der Waals surface area (Å²) in [5, 5.41) is 26.7. The first-order chi connectivity index (χ1) is 28.9. The molecule has 0 bridgehead atoms. The first-order valence-electron chi connectivity index (χ1n) is 20.3. The van der Waals surface area contributed by atoms with Crippen molar-refractivity contribution >= 4 is 63.3 Å². The fourth-order valence-electron chi connectivity index (χ4n) is 5.69. The molecule has 0 aliphatic carbocycles. The molecular formula is C44H62BIN6O8Si2. The molecule has 1 fully saturated rings. The molecule has 0 amide bonds. The predicted octanol–water partition coefficient (Wildman–Crippen LogP) is 8.58. The van der Waals surface area contributed by atoms with E-state index in [9.17, 15) is 14.9 Å². The van der Waals surface area contributed by atoms with Gasteiger partial charge >= 0.3 is 19.1 Å². The molecule has 0 unspecified atom stereocenters. The lowest BCUT2D eigenvalue weighted by atomic mass is 9.75. The lowest BCUT2D eigenvalue weighted by Crippen LogP contribution is -2.41. The molecule has 0 atom stereocenters. The van der Waals surface area contributed by atoms with Crippen LogP contribution in [0.5, 0.6) is 0 Å². The molecule has 0 radical (unpaired) electrons. The summed E-state index contributed by atoms with van der Waals surface area (Å²) in [6, 6.07) is 17.2. The van der Waals surface area contributed by atoms with Crippen molar-refractivity contribution in [3.8, 4) is 23.4 Å². The van der Waals surface area contributed by atoms with Crippen molar-refractivity contribution in [2.75, 3.05) is 27.4 Å². The van der Waals surface area contributed by atoms with Crippen LogP contribution in [0.15, 0.2) is 48.8 Å². The molecule has 1 aliphatic heterocycles. The second-order valence-corrected chi connectivity index (χ2v) is 30.6. The van der Waals surface area contributed by atoms with E-state index in [1.165, 1.54) is 20.4 Å². The third kappa shape index (κ3) is 15.0. The Morgan fingerprint density at radius 2 is 1.29 bits per heavy atom. The minimum Gasteiger partial charge on any atom is -0.465 e. The number of aryl methyl sites for hydroxylation is 2. The van der Waals surface area contributed by atoms with Crippen LogP contribution >= 0.6 is 22.6 Å². The van der Waals surface area contributed by atoms with E-state index in [1.807, 2.05) is 53.7 Å². The maximum absolute atomic E-state index is 11.9. The van der Waals surface area contributed by atoms with Gasteiger partial charge in [-0.1, -0.05) is 57.0 Å². The molecule has 18 heteroatoms. The van der Waals surface area contributed by atoms with Gasteiger partial charge in [-0.2, -0.15) is 20.7 Å². The predicted molar refractivity (Wildman–Crippen MR) is 255 cm³/mol.